The van der Waals surface area contributed by atoms with Crippen LogP contribution in [0.25, 0.3) is 0 Å². The van der Waals surface area contributed by atoms with Crippen LogP contribution in [-0.2, 0) is 16.0 Å². The summed E-state index contributed by atoms with van der Waals surface area (Å²) in [5.41, 5.74) is 1.49. The fraction of sp³-hybridized carbons (Fsp3) is 0.350. The molecule has 2 heterocycles. The van der Waals surface area contributed by atoms with E-state index in [9.17, 15) is 14.0 Å². The van der Waals surface area contributed by atoms with Crippen LogP contribution in [0.5, 0.6) is 0 Å². The van der Waals surface area contributed by atoms with E-state index in [4.69, 9.17) is 0 Å². The first-order valence-corrected chi connectivity index (χ1v) is 8.92. The first kappa shape index (κ1) is 16.7. The van der Waals surface area contributed by atoms with E-state index < -0.39 is 0 Å². The van der Waals surface area contributed by atoms with Gasteiger partial charge < -0.3 is 10.2 Å². The van der Waals surface area contributed by atoms with Crippen molar-refractivity contribution in [3.63, 3.8) is 0 Å². The summed E-state index contributed by atoms with van der Waals surface area (Å²) >= 11 is 0. The molecule has 1 saturated carbocycles. The van der Waals surface area contributed by atoms with Crippen LogP contribution in [0.1, 0.15) is 24.8 Å². The summed E-state index contributed by atoms with van der Waals surface area (Å²) in [4.78, 5) is 30.7. The van der Waals surface area contributed by atoms with Gasteiger partial charge in [-0.1, -0.05) is 12.1 Å². The Balaban J connectivity index is 1.41. The van der Waals surface area contributed by atoms with E-state index in [2.05, 4.69) is 10.3 Å². The first-order chi connectivity index (χ1) is 12.6. The van der Waals surface area contributed by atoms with Crippen molar-refractivity contribution in [3.8, 4) is 0 Å². The molecule has 5 nitrogen and oxygen atoms in total. The topological polar surface area (TPSA) is 62.3 Å². The molecule has 2 amide bonds. The lowest BCUT2D eigenvalue weighted by molar-refractivity contribution is -0.121. The number of aromatic nitrogens is 1. The Morgan fingerprint density at radius 1 is 1.19 bits per heavy atom. The maximum atomic E-state index is 12.9. The van der Waals surface area contributed by atoms with E-state index in [1.807, 2.05) is 0 Å². The fourth-order valence-corrected chi connectivity index (χ4v) is 3.52. The van der Waals surface area contributed by atoms with Gasteiger partial charge in [-0.25, -0.2) is 9.37 Å². The average molecular weight is 353 g/mol. The Kier molecular flexibility index (Phi) is 4.41. The maximum Gasteiger partial charge on any atom is 0.230 e. The average Bonchev–Trinajstić information content (AvgIpc) is 3.39. The highest BCUT2D eigenvalue weighted by atomic mass is 19.1. The second kappa shape index (κ2) is 6.86. The lowest BCUT2D eigenvalue weighted by Gasteiger charge is -2.17. The zero-order valence-corrected chi connectivity index (χ0v) is 14.3. The smallest absolute Gasteiger partial charge is 0.230 e. The molecule has 2 aliphatic rings. The highest BCUT2D eigenvalue weighted by Crippen LogP contribution is 2.43. The predicted octanol–water partition coefficient (Wildman–Crippen LogP) is 3.16. The molecule has 26 heavy (non-hydrogen) atoms. The molecule has 1 saturated heterocycles. The summed E-state index contributed by atoms with van der Waals surface area (Å²) in [5.74, 6) is 0.747. The standard InChI is InChI=1S/C20H20FN3O2/c21-15-5-1-13(2-6-15)11-19(25)23-18-12-16(7-9-22-18)24-10-8-17(20(24)26)14-3-4-14/h1-2,5-7,9,12,14,17H,3-4,8,10-11H2,(H,22,23,25)/t17-/m0/s1. The number of anilines is 2. The zero-order chi connectivity index (χ0) is 18.1. The van der Waals surface area contributed by atoms with Gasteiger partial charge in [0, 0.05) is 30.4 Å². The zero-order valence-electron chi connectivity index (χ0n) is 14.3. The number of carbonyl (C=O) groups excluding carboxylic acids is 2. The Morgan fingerprint density at radius 2 is 1.96 bits per heavy atom. The van der Waals surface area contributed by atoms with Crippen LogP contribution < -0.4 is 10.2 Å². The molecule has 0 bridgehead atoms. The van der Waals surface area contributed by atoms with Crippen LogP contribution in [-0.4, -0.2) is 23.3 Å². The minimum Gasteiger partial charge on any atom is -0.312 e. The van der Waals surface area contributed by atoms with Crippen molar-refractivity contribution in [1.29, 1.82) is 0 Å². The number of rotatable bonds is 5. The summed E-state index contributed by atoms with van der Waals surface area (Å²) in [6, 6.07) is 9.35. The van der Waals surface area contributed by atoms with Gasteiger partial charge in [-0.05, 0) is 48.9 Å². The van der Waals surface area contributed by atoms with Crippen LogP contribution in [0.3, 0.4) is 0 Å². The molecule has 1 aromatic heterocycles. The van der Waals surface area contributed by atoms with Crippen LogP contribution in [0, 0.1) is 17.7 Å². The number of halogens is 1. The van der Waals surface area contributed by atoms with Crippen molar-refractivity contribution in [2.45, 2.75) is 25.7 Å². The van der Waals surface area contributed by atoms with Gasteiger partial charge in [0.15, 0.2) is 0 Å². The first-order valence-electron chi connectivity index (χ1n) is 8.92. The molecule has 0 unspecified atom stereocenters. The largest absolute Gasteiger partial charge is 0.312 e. The molecule has 1 atom stereocenters. The van der Waals surface area contributed by atoms with E-state index >= 15 is 0 Å². The van der Waals surface area contributed by atoms with Crippen LogP contribution >= 0.6 is 0 Å². The molecule has 1 aliphatic heterocycles. The molecule has 1 aliphatic carbocycles. The van der Waals surface area contributed by atoms with E-state index in [1.165, 1.54) is 12.1 Å². The van der Waals surface area contributed by atoms with E-state index in [1.54, 1.807) is 35.4 Å². The minimum atomic E-state index is -0.330. The normalized spacial score (nSPS) is 19.7. The molecule has 2 fully saturated rings. The van der Waals surface area contributed by atoms with Gasteiger partial charge in [0.25, 0.3) is 0 Å². The number of carbonyl (C=O) groups is 2. The number of hydrogen-bond donors (Lipinski definition) is 1. The van der Waals surface area contributed by atoms with Gasteiger partial charge in [-0.3, -0.25) is 9.59 Å². The van der Waals surface area contributed by atoms with Crippen LogP contribution in [0.15, 0.2) is 42.6 Å². The van der Waals surface area contributed by atoms with Gasteiger partial charge in [-0.2, -0.15) is 0 Å². The molecule has 6 heteroatoms. The Bertz CT molecular complexity index is 833. The molecule has 0 spiro atoms. The van der Waals surface area contributed by atoms with Crippen molar-refractivity contribution in [2.24, 2.45) is 11.8 Å². The van der Waals surface area contributed by atoms with Gasteiger partial charge in [0.1, 0.15) is 11.6 Å². The third-order valence-electron chi connectivity index (χ3n) is 5.04. The molecule has 1 aromatic carbocycles. The number of hydrogen-bond acceptors (Lipinski definition) is 3. The van der Waals surface area contributed by atoms with Gasteiger partial charge in [0.05, 0.1) is 6.42 Å². The summed E-state index contributed by atoms with van der Waals surface area (Å²) < 4.78 is 12.9. The van der Waals surface area contributed by atoms with E-state index in [0.29, 0.717) is 18.3 Å². The Morgan fingerprint density at radius 3 is 2.69 bits per heavy atom. The van der Waals surface area contributed by atoms with E-state index in [-0.39, 0.29) is 30.0 Å². The maximum absolute atomic E-state index is 12.9. The Labute approximate surface area is 151 Å². The summed E-state index contributed by atoms with van der Waals surface area (Å²) in [6.45, 7) is 0.715. The van der Waals surface area contributed by atoms with Gasteiger partial charge in [0.2, 0.25) is 11.8 Å². The number of benzene rings is 1. The summed E-state index contributed by atoms with van der Waals surface area (Å²) in [7, 11) is 0. The molecule has 2 aromatic rings. The lowest BCUT2D eigenvalue weighted by Crippen LogP contribution is -2.27. The minimum absolute atomic E-state index is 0.137. The number of amides is 2. The van der Waals surface area contributed by atoms with Gasteiger partial charge in [-0.15, -0.1) is 0 Å². The highest BCUT2D eigenvalue weighted by molar-refractivity contribution is 5.98. The molecule has 4 rings (SSSR count). The van der Waals surface area contributed by atoms with Crippen LogP contribution in [0.2, 0.25) is 0 Å². The van der Waals surface area contributed by atoms with Crippen LogP contribution in [0.4, 0.5) is 15.9 Å². The second-order valence-electron chi connectivity index (χ2n) is 6.97. The fourth-order valence-electron chi connectivity index (χ4n) is 3.52. The van der Waals surface area contributed by atoms with Crippen molar-refractivity contribution in [3.05, 3.63) is 54.0 Å². The highest BCUT2D eigenvalue weighted by Gasteiger charge is 2.42. The number of pyridine rings is 1. The number of nitrogens with one attached hydrogen (secondary N) is 1. The van der Waals surface area contributed by atoms with Crippen molar-refractivity contribution in [1.82, 2.24) is 4.98 Å². The second-order valence-corrected chi connectivity index (χ2v) is 6.97. The third kappa shape index (κ3) is 3.59. The van der Waals surface area contributed by atoms with Crippen molar-refractivity contribution >= 4 is 23.3 Å². The molecule has 134 valence electrons. The monoisotopic (exact) mass is 353 g/mol. The predicted molar refractivity (Wildman–Crippen MR) is 96.2 cm³/mol. The lowest BCUT2D eigenvalue weighted by atomic mass is 10.0. The van der Waals surface area contributed by atoms with E-state index in [0.717, 1.165) is 30.5 Å². The Hall–Kier alpha value is -2.76. The van der Waals surface area contributed by atoms with Gasteiger partial charge >= 0.3 is 0 Å². The summed E-state index contributed by atoms with van der Waals surface area (Å²) in [5, 5.41) is 2.75. The molecule has 1 N–H and O–H groups in total. The quantitative estimate of drug-likeness (QED) is 0.898. The molecule has 0 radical (unpaired) electrons. The molecular weight excluding hydrogens is 333 g/mol. The third-order valence-corrected chi connectivity index (χ3v) is 5.04. The molecular formula is C20H20FN3O2. The number of nitrogens with zero attached hydrogens (tertiary/aromatic N) is 2. The van der Waals surface area contributed by atoms with Crippen molar-refractivity contribution < 1.29 is 14.0 Å². The summed E-state index contributed by atoms with van der Waals surface area (Å²) in [6.07, 6.45) is 4.95. The SMILES string of the molecule is O=C(Cc1ccc(F)cc1)Nc1cc(N2CC[C@@H](C3CC3)C2=O)ccn1. The van der Waals surface area contributed by atoms with Crippen molar-refractivity contribution in [2.75, 3.05) is 16.8 Å².